The van der Waals surface area contributed by atoms with Gasteiger partial charge in [0, 0.05) is 29.3 Å². The number of hydrogen-bond donors (Lipinski definition) is 2. The van der Waals surface area contributed by atoms with E-state index >= 15 is 0 Å². The molecule has 3 heteroatoms. The van der Waals surface area contributed by atoms with E-state index in [-0.39, 0.29) is 0 Å². The predicted molar refractivity (Wildman–Crippen MR) is 111 cm³/mol. The molecule has 0 aliphatic rings. The molecule has 0 bridgehead atoms. The maximum Gasteiger partial charge on any atom is 0.129 e. The molecule has 134 valence electrons. The van der Waals surface area contributed by atoms with E-state index < -0.39 is 0 Å². The minimum Gasteiger partial charge on any atom is -0.340 e. The molecule has 0 unspecified atom stereocenters. The van der Waals surface area contributed by atoms with Crippen molar-refractivity contribution < 1.29 is 0 Å². The van der Waals surface area contributed by atoms with Gasteiger partial charge in [-0.15, -0.1) is 0 Å². The Hall–Kier alpha value is -2.81. The van der Waals surface area contributed by atoms with Crippen LogP contribution in [0.15, 0.2) is 67.0 Å². The number of hydrogen-bond acceptors (Lipinski definition) is 1. The molecule has 3 aromatic rings. The Morgan fingerprint density at radius 2 is 1.38 bits per heavy atom. The number of nitrogens with zero attached hydrogens (tertiary/aromatic N) is 1. The van der Waals surface area contributed by atoms with E-state index in [2.05, 4.69) is 62.1 Å². The average Bonchev–Trinajstić information content (AvgIpc) is 3.16. The van der Waals surface area contributed by atoms with Crippen molar-refractivity contribution in [1.82, 2.24) is 4.57 Å². The zero-order valence-corrected chi connectivity index (χ0v) is 16.0. The Labute approximate surface area is 156 Å². The van der Waals surface area contributed by atoms with E-state index in [0.29, 0.717) is 17.7 Å². The van der Waals surface area contributed by atoms with Crippen LogP contribution in [-0.2, 0) is 0 Å². The van der Waals surface area contributed by atoms with Crippen molar-refractivity contribution in [2.45, 2.75) is 39.5 Å². The lowest BCUT2D eigenvalue weighted by molar-refractivity contribution is 0.833. The molecule has 0 saturated carbocycles. The summed E-state index contributed by atoms with van der Waals surface area (Å²) < 4.78 is 2.14. The van der Waals surface area contributed by atoms with Gasteiger partial charge in [0.1, 0.15) is 5.84 Å². The van der Waals surface area contributed by atoms with Gasteiger partial charge in [0.2, 0.25) is 0 Å². The molecule has 0 radical (unpaired) electrons. The summed E-state index contributed by atoms with van der Waals surface area (Å²) >= 11 is 0. The number of anilines is 1. The molecule has 2 N–H and O–H groups in total. The zero-order valence-electron chi connectivity index (χ0n) is 16.0. The van der Waals surface area contributed by atoms with Gasteiger partial charge in [-0.1, -0.05) is 58.0 Å². The normalized spacial score (nSPS) is 11.2. The summed E-state index contributed by atoms with van der Waals surface area (Å²) in [5.41, 5.74) is 5.60. The van der Waals surface area contributed by atoms with Gasteiger partial charge in [0.15, 0.2) is 0 Å². The van der Waals surface area contributed by atoms with Crippen LogP contribution in [0.3, 0.4) is 0 Å². The molecule has 3 rings (SSSR count). The quantitative estimate of drug-likeness (QED) is 0.422. The van der Waals surface area contributed by atoms with Crippen molar-refractivity contribution in [2.75, 3.05) is 5.32 Å². The van der Waals surface area contributed by atoms with E-state index in [4.69, 9.17) is 5.41 Å². The molecule has 1 aromatic heterocycles. The van der Waals surface area contributed by atoms with Crippen LogP contribution in [0, 0.1) is 5.41 Å². The van der Waals surface area contributed by atoms with Crippen LogP contribution < -0.4 is 5.32 Å². The molecule has 0 fully saturated rings. The highest BCUT2D eigenvalue weighted by Gasteiger charge is 2.18. The van der Waals surface area contributed by atoms with Crippen molar-refractivity contribution >= 4 is 11.5 Å². The molecule has 0 atom stereocenters. The first-order chi connectivity index (χ1) is 12.5. The first kappa shape index (κ1) is 18.0. The highest BCUT2D eigenvalue weighted by molar-refractivity contribution is 6.07. The van der Waals surface area contributed by atoms with E-state index in [1.165, 1.54) is 16.8 Å². The summed E-state index contributed by atoms with van der Waals surface area (Å²) in [6, 6.07) is 18.4. The molecule has 0 saturated heterocycles. The molecule has 0 aliphatic heterocycles. The van der Waals surface area contributed by atoms with Gasteiger partial charge in [-0.2, -0.15) is 0 Å². The predicted octanol–water partition coefficient (Wildman–Crippen LogP) is 6.16. The van der Waals surface area contributed by atoms with Crippen LogP contribution in [0.25, 0.3) is 5.69 Å². The first-order valence-electron chi connectivity index (χ1n) is 9.19. The van der Waals surface area contributed by atoms with Crippen molar-refractivity contribution in [3.63, 3.8) is 0 Å². The summed E-state index contributed by atoms with van der Waals surface area (Å²) in [6.07, 6.45) is 4.14. The summed E-state index contributed by atoms with van der Waals surface area (Å²) in [5, 5.41) is 11.9. The Morgan fingerprint density at radius 3 is 1.88 bits per heavy atom. The van der Waals surface area contributed by atoms with Gasteiger partial charge < -0.3 is 9.88 Å². The van der Waals surface area contributed by atoms with Crippen LogP contribution in [0.5, 0.6) is 0 Å². The summed E-state index contributed by atoms with van der Waals surface area (Å²) in [6.45, 7) is 8.82. The van der Waals surface area contributed by atoms with Gasteiger partial charge in [-0.05, 0) is 47.2 Å². The lowest BCUT2D eigenvalue weighted by atomic mass is 9.91. The average molecular weight is 345 g/mol. The number of nitrogens with one attached hydrogen (secondary N) is 2. The number of amidine groups is 1. The third kappa shape index (κ3) is 3.72. The van der Waals surface area contributed by atoms with Crippen LogP contribution in [0.4, 0.5) is 5.69 Å². The van der Waals surface area contributed by atoms with Crippen molar-refractivity contribution in [3.8, 4) is 5.69 Å². The molecule has 1 heterocycles. The fourth-order valence-corrected chi connectivity index (χ4v) is 3.18. The monoisotopic (exact) mass is 345 g/mol. The largest absolute Gasteiger partial charge is 0.340 e. The van der Waals surface area contributed by atoms with Crippen LogP contribution in [0.2, 0.25) is 0 Å². The summed E-state index contributed by atoms with van der Waals surface area (Å²) in [5.74, 6) is 1.14. The van der Waals surface area contributed by atoms with Gasteiger partial charge in [-0.25, -0.2) is 0 Å². The molecular weight excluding hydrogens is 318 g/mol. The highest BCUT2D eigenvalue weighted by atomic mass is 15.0. The molecule has 26 heavy (non-hydrogen) atoms. The van der Waals surface area contributed by atoms with Crippen molar-refractivity contribution in [2.24, 2.45) is 0 Å². The molecule has 0 amide bonds. The van der Waals surface area contributed by atoms with E-state index in [9.17, 15) is 0 Å². The Morgan fingerprint density at radius 1 is 0.846 bits per heavy atom. The lowest BCUT2D eigenvalue weighted by Gasteiger charge is -2.23. The van der Waals surface area contributed by atoms with Gasteiger partial charge in [-0.3, -0.25) is 5.41 Å². The lowest BCUT2D eigenvalue weighted by Crippen LogP contribution is -2.16. The minimum absolute atomic E-state index is 0.356. The van der Waals surface area contributed by atoms with Gasteiger partial charge >= 0.3 is 0 Å². The fraction of sp³-hybridized carbons (Fsp3) is 0.261. The summed E-state index contributed by atoms with van der Waals surface area (Å²) in [7, 11) is 0. The topological polar surface area (TPSA) is 40.8 Å². The standard InChI is InChI=1S/C23H27N3/c1-16(2)20-14-19(26-12-8-9-13-26)15-21(17(3)4)22(20)25-23(24)18-10-6-5-7-11-18/h5-17H,1-4H3,(H2,24,25). The Balaban J connectivity index is 2.09. The van der Waals surface area contributed by atoms with Crippen LogP contribution in [0.1, 0.15) is 56.2 Å². The maximum atomic E-state index is 8.52. The van der Waals surface area contributed by atoms with Gasteiger partial charge in [0.05, 0.1) is 0 Å². The minimum atomic E-state index is 0.356. The molecular formula is C23H27N3. The smallest absolute Gasteiger partial charge is 0.129 e. The maximum absolute atomic E-state index is 8.52. The first-order valence-corrected chi connectivity index (χ1v) is 9.19. The number of rotatable bonds is 5. The number of benzene rings is 2. The second kappa shape index (κ2) is 7.61. The zero-order chi connectivity index (χ0) is 18.7. The third-order valence-electron chi connectivity index (χ3n) is 4.64. The van der Waals surface area contributed by atoms with E-state index in [1.807, 2.05) is 42.5 Å². The van der Waals surface area contributed by atoms with Crippen molar-refractivity contribution in [3.05, 3.63) is 83.7 Å². The molecule has 3 nitrogen and oxygen atoms in total. The SMILES string of the molecule is CC(C)c1cc(-n2cccc2)cc(C(C)C)c1NC(=N)c1ccccc1. The highest BCUT2D eigenvalue weighted by Crippen LogP contribution is 2.35. The second-order valence-corrected chi connectivity index (χ2v) is 7.26. The Kier molecular flexibility index (Phi) is 5.27. The van der Waals surface area contributed by atoms with E-state index in [1.54, 1.807) is 0 Å². The van der Waals surface area contributed by atoms with Gasteiger partial charge in [0.25, 0.3) is 0 Å². The number of aromatic nitrogens is 1. The Bertz CT molecular complexity index is 846. The second-order valence-electron chi connectivity index (χ2n) is 7.26. The molecule has 2 aromatic carbocycles. The van der Waals surface area contributed by atoms with Crippen molar-refractivity contribution in [1.29, 1.82) is 5.41 Å². The summed E-state index contributed by atoms with van der Waals surface area (Å²) in [4.78, 5) is 0. The third-order valence-corrected chi connectivity index (χ3v) is 4.64. The fourth-order valence-electron chi connectivity index (χ4n) is 3.18. The molecule has 0 spiro atoms. The van der Waals surface area contributed by atoms with Crippen LogP contribution >= 0.6 is 0 Å². The van der Waals surface area contributed by atoms with E-state index in [0.717, 1.165) is 11.3 Å². The van der Waals surface area contributed by atoms with Crippen LogP contribution in [-0.4, -0.2) is 10.4 Å². The molecule has 0 aliphatic carbocycles.